The largest absolute Gasteiger partial charge is 0.343 e. The highest BCUT2D eigenvalue weighted by molar-refractivity contribution is 6.30. The van der Waals surface area contributed by atoms with E-state index in [1.807, 2.05) is 54.6 Å². The summed E-state index contributed by atoms with van der Waals surface area (Å²) in [6, 6.07) is 17.1. The van der Waals surface area contributed by atoms with Crippen molar-refractivity contribution in [3.63, 3.8) is 0 Å². The van der Waals surface area contributed by atoms with Gasteiger partial charge in [0.05, 0.1) is 0 Å². The number of likely N-dealkylation sites (N-methyl/N-ethyl adjacent to an activating group) is 1. The summed E-state index contributed by atoms with van der Waals surface area (Å²) in [6.07, 6.45) is 1.11. The van der Waals surface area contributed by atoms with E-state index in [0.29, 0.717) is 18.0 Å². The third-order valence-electron chi connectivity index (χ3n) is 6.50. The molecule has 0 aromatic heterocycles. The standard InChI is InChI=1S/C23H26ClN5O2/c1-26-20-19(21(30)29(23(26)31)15-12-16-6-3-2-4-7-16)28-14-5-13-27(22(28)25-20)18-10-8-17(24)9-11-18/h2-4,6-11,19-20,22,25H,5,12-15H2,1H3. The molecule has 3 fully saturated rings. The van der Waals surface area contributed by atoms with Crippen LogP contribution in [-0.2, 0) is 11.2 Å². The zero-order valence-electron chi connectivity index (χ0n) is 17.4. The number of benzene rings is 2. The molecule has 31 heavy (non-hydrogen) atoms. The normalized spacial score (nSPS) is 26.3. The van der Waals surface area contributed by atoms with E-state index in [9.17, 15) is 9.59 Å². The number of halogens is 1. The van der Waals surface area contributed by atoms with E-state index in [1.54, 1.807) is 11.9 Å². The summed E-state index contributed by atoms with van der Waals surface area (Å²) in [5.74, 6) is -0.114. The van der Waals surface area contributed by atoms with Crippen molar-refractivity contribution in [2.24, 2.45) is 0 Å². The third-order valence-corrected chi connectivity index (χ3v) is 6.75. The molecule has 5 rings (SSSR count). The van der Waals surface area contributed by atoms with Crippen LogP contribution in [0.1, 0.15) is 12.0 Å². The van der Waals surface area contributed by atoms with Crippen LogP contribution in [0.25, 0.3) is 0 Å². The maximum absolute atomic E-state index is 13.5. The fourth-order valence-electron chi connectivity index (χ4n) is 4.91. The van der Waals surface area contributed by atoms with Crippen molar-refractivity contribution >= 4 is 29.2 Å². The monoisotopic (exact) mass is 439 g/mol. The average Bonchev–Trinajstić information content (AvgIpc) is 3.19. The summed E-state index contributed by atoms with van der Waals surface area (Å²) in [5.41, 5.74) is 2.16. The first-order valence-electron chi connectivity index (χ1n) is 10.7. The highest BCUT2D eigenvalue weighted by Gasteiger charge is 2.55. The van der Waals surface area contributed by atoms with E-state index in [1.165, 1.54) is 4.90 Å². The molecule has 7 nitrogen and oxygen atoms in total. The van der Waals surface area contributed by atoms with Gasteiger partial charge in [-0.2, -0.15) is 0 Å². The van der Waals surface area contributed by atoms with E-state index < -0.39 is 6.04 Å². The number of imide groups is 1. The molecule has 0 radical (unpaired) electrons. The summed E-state index contributed by atoms with van der Waals surface area (Å²) in [4.78, 5) is 34.1. The highest BCUT2D eigenvalue weighted by Crippen LogP contribution is 2.33. The van der Waals surface area contributed by atoms with Crippen molar-refractivity contribution in [3.8, 4) is 0 Å². The van der Waals surface area contributed by atoms with E-state index in [0.717, 1.165) is 30.8 Å². The van der Waals surface area contributed by atoms with Crippen molar-refractivity contribution in [2.75, 3.05) is 31.6 Å². The van der Waals surface area contributed by atoms with E-state index >= 15 is 0 Å². The van der Waals surface area contributed by atoms with Crippen LogP contribution in [0.3, 0.4) is 0 Å². The van der Waals surface area contributed by atoms with Gasteiger partial charge in [0.1, 0.15) is 18.5 Å². The van der Waals surface area contributed by atoms with E-state index in [2.05, 4.69) is 15.1 Å². The summed E-state index contributed by atoms with van der Waals surface area (Å²) in [6.45, 7) is 2.07. The summed E-state index contributed by atoms with van der Waals surface area (Å²) in [7, 11) is 1.78. The molecule has 3 heterocycles. The molecule has 0 saturated carbocycles. The first-order chi connectivity index (χ1) is 15.0. The maximum Gasteiger partial charge on any atom is 0.327 e. The number of nitrogens with zero attached hydrogens (tertiary/aromatic N) is 4. The molecule has 0 aliphatic carbocycles. The number of carbonyl (C=O) groups excluding carboxylic acids is 2. The zero-order valence-corrected chi connectivity index (χ0v) is 18.2. The third kappa shape index (κ3) is 3.56. The van der Waals surface area contributed by atoms with Crippen LogP contribution in [0.15, 0.2) is 54.6 Å². The van der Waals surface area contributed by atoms with Gasteiger partial charge in [-0.05, 0) is 42.7 Å². The number of hydrogen-bond donors (Lipinski definition) is 1. The molecule has 8 heteroatoms. The van der Waals surface area contributed by atoms with Crippen LogP contribution in [0, 0.1) is 0 Å². The van der Waals surface area contributed by atoms with Crippen LogP contribution >= 0.6 is 11.6 Å². The Labute approximate surface area is 187 Å². The quantitative estimate of drug-likeness (QED) is 0.793. The van der Waals surface area contributed by atoms with Crippen molar-refractivity contribution in [2.45, 2.75) is 31.3 Å². The predicted molar refractivity (Wildman–Crippen MR) is 120 cm³/mol. The number of nitrogens with one attached hydrogen (secondary N) is 1. The molecule has 3 amide bonds. The lowest BCUT2D eigenvalue weighted by Gasteiger charge is -2.44. The van der Waals surface area contributed by atoms with Gasteiger partial charge in [0.15, 0.2) is 0 Å². The molecule has 3 aliphatic rings. The van der Waals surface area contributed by atoms with Crippen molar-refractivity contribution in [1.82, 2.24) is 20.0 Å². The second-order valence-corrected chi connectivity index (χ2v) is 8.75. The molecule has 3 saturated heterocycles. The summed E-state index contributed by atoms with van der Waals surface area (Å²) in [5, 5.41) is 4.23. The minimum atomic E-state index is -0.390. The van der Waals surface area contributed by atoms with Gasteiger partial charge in [-0.1, -0.05) is 41.9 Å². The minimum absolute atomic E-state index is 0.114. The SMILES string of the molecule is CN1C(=O)N(CCc2ccccc2)C(=O)C2C1NC1N(c3ccc(Cl)cc3)CCCN21. The van der Waals surface area contributed by atoms with Crippen LogP contribution < -0.4 is 10.2 Å². The molecule has 0 spiro atoms. The summed E-state index contributed by atoms with van der Waals surface area (Å²) >= 11 is 6.07. The van der Waals surface area contributed by atoms with Gasteiger partial charge in [-0.3, -0.25) is 19.9 Å². The zero-order chi connectivity index (χ0) is 21.5. The van der Waals surface area contributed by atoms with Gasteiger partial charge in [0, 0.05) is 37.4 Å². The van der Waals surface area contributed by atoms with Crippen molar-refractivity contribution in [1.29, 1.82) is 0 Å². The molecule has 0 bridgehead atoms. The van der Waals surface area contributed by atoms with Gasteiger partial charge < -0.3 is 9.80 Å². The molecule has 2 aromatic rings. The Kier molecular flexibility index (Phi) is 5.33. The van der Waals surface area contributed by atoms with Gasteiger partial charge in [-0.25, -0.2) is 4.79 Å². The van der Waals surface area contributed by atoms with Crippen LogP contribution in [0.4, 0.5) is 10.5 Å². The number of rotatable bonds is 4. The Hall–Kier alpha value is -2.61. The second kappa shape index (κ2) is 8.15. The molecule has 3 aliphatic heterocycles. The molecular weight excluding hydrogens is 414 g/mol. The lowest BCUT2D eigenvalue weighted by Crippen LogP contribution is -2.66. The molecule has 2 aromatic carbocycles. The molecule has 3 atom stereocenters. The molecule has 162 valence electrons. The maximum atomic E-state index is 13.5. The number of fused-ring (bicyclic) bond motifs is 3. The number of amides is 3. The number of hydrogen-bond acceptors (Lipinski definition) is 5. The Morgan fingerprint density at radius 2 is 1.77 bits per heavy atom. The fraction of sp³-hybridized carbons (Fsp3) is 0.391. The van der Waals surface area contributed by atoms with Crippen molar-refractivity contribution < 1.29 is 9.59 Å². The lowest BCUT2D eigenvalue weighted by molar-refractivity contribution is -0.138. The first-order valence-corrected chi connectivity index (χ1v) is 11.1. The topological polar surface area (TPSA) is 59.1 Å². The van der Waals surface area contributed by atoms with Crippen LogP contribution in [-0.4, -0.2) is 71.8 Å². The Morgan fingerprint density at radius 3 is 2.52 bits per heavy atom. The second-order valence-electron chi connectivity index (χ2n) is 8.31. The fourth-order valence-corrected chi connectivity index (χ4v) is 5.03. The lowest BCUT2D eigenvalue weighted by atomic mass is 10.1. The average molecular weight is 440 g/mol. The van der Waals surface area contributed by atoms with Gasteiger partial charge in [-0.15, -0.1) is 0 Å². The molecule has 1 N–H and O–H groups in total. The smallest absolute Gasteiger partial charge is 0.327 e. The number of anilines is 1. The Bertz CT molecular complexity index is 970. The Balaban J connectivity index is 1.38. The van der Waals surface area contributed by atoms with E-state index in [4.69, 9.17) is 11.6 Å². The van der Waals surface area contributed by atoms with Crippen LogP contribution in [0.5, 0.6) is 0 Å². The predicted octanol–water partition coefficient (Wildman–Crippen LogP) is 2.57. The van der Waals surface area contributed by atoms with Gasteiger partial charge in [0.2, 0.25) is 0 Å². The molecular formula is C23H26ClN5O2. The van der Waals surface area contributed by atoms with Crippen molar-refractivity contribution in [3.05, 3.63) is 65.2 Å². The minimum Gasteiger partial charge on any atom is -0.343 e. The number of carbonyl (C=O) groups is 2. The highest BCUT2D eigenvalue weighted by atomic mass is 35.5. The first kappa shape index (κ1) is 20.3. The van der Waals surface area contributed by atoms with Crippen LogP contribution in [0.2, 0.25) is 5.02 Å². The van der Waals surface area contributed by atoms with Gasteiger partial charge >= 0.3 is 6.03 Å². The van der Waals surface area contributed by atoms with E-state index in [-0.39, 0.29) is 24.4 Å². The molecule has 3 unspecified atom stereocenters. The Morgan fingerprint density at radius 1 is 1.03 bits per heavy atom. The summed E-state index contributed by atoms with van der Waals surface area (Å²) < 4.78 is 0. The van der Waals surface area contributed by atoms with Gasteiger partial charge in [0.25, 0.3) is 5.91 Å². The number of urea groups is 1.